The first-order chi connectivity index (χ1) is 8.36. The standard InChI is InChI=1S/C17H25/c1-3-5-6-7-8-9-11-17-14-12-16(10-4-2)13-15-17/h9,12-15H,3-8,10H2,1-2H3. The molecule has 0 N–H and O–H groups in total. The van der Waals surface area contributed by atoms with Crippen molar-refractivity contribution >= 4 is 0 Å². The lowest BCUT2D eigenvalue weighted by molar-refractivity contribution is 0.674. The number of benzene rings is 1. The molecule has 0 amide bonds. The fraction of sp³-hybridized carbons (Fsp3) is 0.529. The fourth-order valence-corrected chi connectivity index (χ4v) is 1.92. The lowest BCUT2D eigenvalue weighted by atomic mass is 10.1. The largest absolute Gasteiger partial charge is 0.0760 e. The molecule has 0 nitrogen and oxygen atoms in total. The molecule has 0 aromatic heterocycles. The predicted octanol–water partition coefficient (Wildman–Crippen LogP) is 5.32. The van der Waals surface area contributed by atoms with E-state index in [1.807, 2.05) is 0 Å². The van der Waals surface area contributed by atoms with Crippen molar-refractivity contribution < 1.29 is 0 Å². The van der Waals surface area contributed by atoms with Gasteiger partial charge in [-0.2, -0.15) is 0 Å². The number of allylic oxidation sites excluding steroid dienone is 1. The third-order valence-corrected chi connectivity index (χ3v) is 2.96. The average Bonchev–Trinajstić information content (AvgIpc) is 2.36. The van der Waals surface area contributed by atoms with E-state index in [0.29, 0.717) is 0 Å². The fourth-order valence-electron chi connectivity index (χ4n) is 1.92. The van der Waals surface area contributed by atoms with Gasteiger partial charge < -0.3 is 0 Å². The van der Waals surface area contributed by atoms with Gasteiger partial charge >= 0.3 is 0 Å². The molecule has 1 aromatic carbocycles. The van der Waals surface area contributed by atoms with Gasteiger partial charge in [0, 0.05) is 0 Å². The van der Waals surface area contributed by atoms with E-state index in [1.165, 1.54) is 49.7 Å². The quantitative estimate of drug-likeness (QED) is 0.529. The van der Waals surface area contributed by atoms with Gasteiger partial charge in [-0.3, -0.25) is 0 Å². The van der Waals surface area contributed by atoms with Crippen LogP contribution in [-0.4, -0.2) is 0 Å². The Morgan fingerprint density at radius 2 is 1.71 bits per heavy atom. The molecule has 0 unspecified atom stereocenters. The molecule has 0 heterocycles. The summed E-state index contributed by atoms with van der Waals surface area (Å²) in [6, 6.07) is 8.79. The molecule has 0 fully saturated rings. The summed E-state index contributed by atoms with van der Waals surface area (Å²) in [6.07, 6.45) is 14.4. The second-order valence-electron chi connectivity index (χ2n) is 4.64. The van der Waals surface area contributed by atoms with Gasteiger partial charge in [0.1, 0.15) is 0 Å². The minimum atomic E-state index is 1.16. The first-order valence-electron chi connectivity index (χ1n) is 7.04. The number of rotatable bonds is 8. The monoisotopic (exact) mass is 229 g/mol. The van der Waals surface area contributed by atoms with Crippen molar-refractivity contribution in [1.29, 1.82) is 0 Å². The smallest absolute Gasteiger partial charge is 0.0149 e. The van der Waals surface area contributed by atoms with E-state index in [9.17, 15) is 0 Å². The maximum absolute atomic E-state index is 3.37. The molecule has 0 atom stereocenters. The molecule has 1 rings (SSSR count). The van der Waals surface area contributed by atoms with Gasteiger partial charge in [0.2, 0.25) is 0 Å². The van der Waals surface area contributed by atoms with Crippen LogP contribution in [-0.2, 0) is 6.42 Å². The van der Waals surface area contributed by atoms with Gasteiger partial charge in [-0.25, -0.2) is 0 Å². The molecule has 0 spiro atoms. The highest BCUT2D eigenvalue weighted by molar-refractivity contribution is 5.27. The molecule has 1 aromatic rings. The molecule has 17 heavy (non-hydrogen) atoms. The Morgan fingerprint density at radius 3 is 2.35 bits per heavy atom. The topological polar surface area (TPSA) is 0 Å². The number of unbranched alkanes of at least 4 members (excludes halogenated alkanes) is 4. The van der Waals surface area contributed by atoms with Gasteiger partial charge in [-0.1, -0.05) is 69.9 Å². The molecule has 0 heteroatoms. The van der Waals surface area contributed by atoms with Gasteiger partial charge in [-0.15, -0.1) is 0 Å². The Labute approximate surface area is 107 Å². The number of hydrogen-bond donors (Lipinski definition) is 0. The van der Waals surface area contributed by atoms with Crippen LogP contribution in [0.3, 0.4) is 0 Å². The first kappa shape index (κ1) is 14.0. The number of aryl methyl sites for hydroxylation is 1. The van der Waals surface area contributed by atoms with Gasteiger partial charge in [0.05, 0.1) is 0 Å². The first-order valence-corrected chi connectivity index (χ1v) is 7.04. The zero-order chi connectivity index (χ0) is 12.3. The van der Waals surface area contributed by atoms with E-state index in [4.69, 9.17) is 0 Å². The normalized spacial score (nSPS) is 11.2. The highest BCUT2D eigenvalue weighted by atomic mass is 14.0. The van der Waals surface area contributed by atoms with Gasteiger partial charge in [0.15, 0.2) is 0 Å². The predicted molar refractivity (Wildman–Crippen MR) is 76.1 cm³/mol. The summed E-state index contributed by atoms with van der Waals surface area (Å²) in [5, 5.41) is 0. The third-order valence-electron chi connectivity index (χ3n) is 2.96. The second-order valence-corrected chi connectivity index (χ2v) is 4.64. The van der Waals surface area contributed by atoms with Crippen molar-refractivity contribution in [2.45, 2.75) is 58.8 Å². The second kappa shape index (κ2) is 9.04. The summed E-state index contributed by atoms with van der Waals surface area (Å²) >= 11 is 0. The summed E-state index contributed by atoms with van der Waals surface area (Å²) in [5.41, 5.74) is 2.64. The zero-order valence-electron chi connectivity index (χ0n) is 11.3. The van der Waals surface area contributed by atoms with Crippen molar-refractivity contribution in [2.75, 3.05) is 0 Å². The van der Waals surface area contributed by atoms with Crippen LogP contribution < -0.4 is 0 Å². The third kappa shape index (κ3) is 6.31. The van der Waals surface area contributed by atoms with Gasteiger partial charge in [0.25, 0.3) is 0 Å². The minimum absolute atomic E-state index is 1.16. The summed E-state index contributed by atoms with van der Waals surface area (Å²) in [7, 11) is 0. The van der Waals surface area contributed by atoms with Crippen LogP contribution in [0.4, 0.5) is 0 Å². The van der Waals surface area contributed by atoms with E-state index < -0.39 is 0 Å². The molecule has 0 aliphatic rings. The maximum atomic E-state index is 3.37. The Bertz CT molecular complexity index is 305. The molecule has 93 valence electrons. The summed E-state index contributed by atoms with van der Waals surface area (Å²) < 4.78 is 0. The van der Waals surface area contributed by atoms with E-state index in [2.05, 4.69) is 50.3 Å². The van der Waals surface area contributed by atoms with Crippen molar-refractivity contribution in [3.63, 3.8) is 0 Å². The van der Waals surface area contributed by atoms with Gasteiger partial charge in [-0.05, 0) is 36.5 Å². The van der Waals surface area contributed by atoms with Crippen molar-refractivity contribution in [3.8, 4) is 0 Å². The lowest BCUT2D eigenvalue weighted by Crippen LogP contribution is -1.83. The van der Waals surface area contributed by atoms with Crippen LogP contribution in [0.5, 0.6) is 0 Å². The summed E-state index contributed by atoms with van der Waals surface area (Å²) in [4.78, 5) is 0. The molecule has 1 radical (unpaired) electrons. The molecule has 0 saturated carbocycles. The molecule has 0 aliphatic carbocycles. The van der Waals surface area contributed by atoms with Crippen LogP contribution in [0.15, 0.2) is 30.3 Å². The lowest BCUT2D eigenvalue weighted by Gasteiger charge is -1.99. The average molecular weight is 229 g/mol. The van der Waals surface area contributed by atoms with E-state index in [0.717, 1.165) is 6.42 Å². The SMILES string of the molecule is CCCCCC/C=[C]\c1ccc(CCC)cc1. The molecule has 0 saturated heterocycles. The molecule has 0 bridgehead atoms. The highest BCUT2D eigenvalue weighted by Crippen LogP contribution is 2.08. The Hall–Kier alpha value is -1.04. The van der Waals surface area contributed by atoms with Crippen molar-refractivity contribution in [2.24, 2.45) is 0 Å². The molecular formula is C17H25. The minimum Gasteiger partial charge on any atom is -0.0760 e. The Kier molecular flexibility index (Phi) is 7.46. The number of hydrogen-bond acceptors (Lipinski definition) is 0. The van der Waals surface area contributed by atoms with E-state index in [1.54, 1.807) is 0 Å². The Morgan fingerprint density at radius 1 is 0.941 bits per heavy atom. The van der Waals surface area contributed by atoms with Crippen molar-refractivity contribution in [3.05, 3.63) is 47.5 Å². The van der Waals surface area contributed by atoms with Crippen LogP contribution in [0.25, 0.3) is 0 Å². The highest BCUT2D eigenvalue weighted by Gasteiger charge is 1.91. The van der Waals surface area contributed by atoms with Crippen LogP contribution in [0.1, 0.15) is 63.5 Å². The maximum Gasteiger partial charge on any atom is -0.0149 e. The van der Waals surface area contributed by atoms with E-state index in [-0.39, 0.29) is 0 Å². The van der Waals surface area contributed by atoms with Crippen LogP contribution in [0, 0.1) is 6.08 Å². The van der Waals surface area contributed by atoms with Crippen molar-refractivity contribution in [1.82, 2.24) is 0 Å². The Balaban J connectivity index is 2.28. The van der Waals surface area contributed by atoms with Crippen LogP contribution in [0.2, 0.25) is 0 Å². The summed E-state index contributed by atoms with van der Waals surface area (Å²) in [6.45, 7) is 4.47. The molecule has 0 aliphatic heterocycles. The summed E-state index contributed by atoms with van der Waals surface area (Å²) in [5.74, 6) is 0. The molecular weight excluding hydrogens is 204 g/mol. The zero-order valence-corrected chi connectivity index (χ0v) is 11.3. The van der Waals surface area contributed by atoms with Crippen LogP contribution >= 0.6 is 0 Å². The van der Waals surface area contributed by atoms with E-state index >= 15 is 0 Å².